The van der Waals surface area contributed by atoms with Crippen LogP contribution in [0.25, 0.3) is 0 Å². The fourth-order valence-electron chi connectivity index (χ4n) is 1.49. The topological polar surface area (TPSA) is 65.9 Å². The molecule has 0 aromatic carbocycles. The number of nitrogens with two attached hydrogens (primary N) is 1. The van der Waals surface area contributed by atoms with Gasteiger partial charge in [-0.1, -0.05) is 0 Å². The van der Waals surface area contributed by atoms with Crippen molar-refractivity contribution in [2.24, 2.45) is 0 Å². The van der Waals surface area contributed by atoms with Crippen molar-refractivity contribution in [3.63, 3.8) is 0 Å². The van der Waals surface area contributed by atoms with E-state index < -0.39 is 0 Å². The van der Waals surface area contributed by atoms with Gasteiger partial charge in [-0.2, -0.15) is 5.26 Å². The second-order valence-electron chi connectivity index (χ2n) is 3.63. The molecule has 0 saturated heterocycles. The second kappa shape index (κ2) is 5.20. The first kappa shape index (κ1) is 11.3. The molecule has 0 spiro atoms. The molecular formula is C11H16N4. The van der Waals surface area contributed by atoms with E-state index in [0.717, 1.165) is 5.69 Å². The summed E-state index contributed by atoms with van der Waals surface area (Å²) >= 11 is 0. The summed E-state index contributed by atoms with van der Waals surface area (Å²) in [5.74, 6) is 0. The number of nitrogens with zero attached hydrogens (tertiary/aromatic N) is 3. The minimum Gasteiger partial charge on any atom is -0.396 e. The van der Waals surface area contributed by atoms with E-state index in [0.29, 0.717) is 24.7 Å². The quantitative estimate of drug-likeness (QED) is 0.812. The molecule has 4 heteroatoms. The number of anilines is 2. The van der Waals surface area contributed by atoms with Crippen LogP contribution in [-0.2, 0) is 0 Å². The zero-order valence-electron chi connectivity index (χ0n) is 9.14. The molecule has 0 amide bonds. The van der Waals surface area contributed by atoms with Crippen LogP contribution >= 0.6 is 0 Å². The first-order valence-corrected chi connectivity index (χ1v) is 5.00. The van der Waals surface area contributed by atoms with Crippen LogP contribution in [0.3, 0.4) is 0 Å². The van der Waals surface area contributed by atoms with Crippen molar-refractivity contribution < 1.29 is 0 Å². The predicted octanol–water partition coefficient (Wildman–Crippen LogP) is 1.79. The van der Waals surface area contributed by atoms with Gasteiger partial charge in [-0.05, 0) is 19.9 Å². The van der Waals surface area contributed by atoms with Gasteiger partial charge in [0.15, 0.2) is 0 Å². The van der Waals surface area contributed by atoms with Crippen LogP contribution < -0.4 is 10.6 Å². The lowest BCUT2D eigenvalue weighted by Gasteiger charge is -2.28. The normalized spacial score (nSPS) is 10.0. The molecule has 80 valence electrons. The van der Waals surface area contributed by atoms with Crippen molar-refractivity contribution in [1.82, 2.24) is 4.98 Å². The zero-order valence-corrected chi connectivity index (χ0v) is 9.14. The highest BCUT2D eigenvalue weighted by Gasteiger charge is 2.12. The maximum atomic E-state index is 8.59. The van der Waals surface area contributed by atoms with Gasteiger partial charge < -0.3 is 10.6 Å². The van der Waals surface area contributed by atoms with Crippen molar-refractivity contribution in [3.05, 3.63) is 18.5 Å². The Balaban J connectivity index is 2.90. The van der Waals surface area contributed by atoms with E-state index in [9.17, 15) is 0 Å². The predicted molar refractivity (Wildman–Crippen MR) is 61.4 cm³/mol. The number of hydrogen-bond donors (Lipinski definition) is 1. The Labute approximate surface area is 90.3 Å². The van der Waals surface area contributed by atoms with Gasteiger partial charge in [0.25, 0.3) is 0 Å². The number of aromatic nitrogens is 1. The number of nitrogen functional groups attached to an aromatic ring is 1. The third kappa shape index (κ3) is 2.84. The number of pyridine rings is 1. The van der Waals surface area contributed by atoms with Gasteiger partial charge in [0, 0.05) is 18.8 Å². The third-order valence-electron chi connectivity index (χ3n) is 2.23. The molecule has 2 N–H and O–H groups in total. The highest BCUT2D eigenvalue weighted by molar-refractivity contribution is 5.66. The van der Waals surface area contributed by atoms with E-state index in [-0.39, 0.29) is 0 Å². The van der Waals surface area contributed by atoms with Crippen LogP contribution in [0.15, 0.2) is 18.5 Å². The Morgan fingerprint density at radius 1 is 1.60 bits per heavy atom. The summed E-state index contributed by atoms with van der Waals surface area (Å²) in [5.41, 5.74) is 7.45. The Hall–Kier alpha value is -1.76. The number of nitriles is 1. The highest BCUT2D eigenvalue weighted by atomic mass is 15.2. The molecular weight excluding hydrogens is 188 g/mol. The number of hydrogen-bond acceptors (Lipinski definition) is 4. The van der Waals surface area contributed by atoms with Crippen molar-refractivity contribution >= 4 is 11.4 Å². The Morgan fingerprint density at radius 2 is 2.33 bits per heavy atom. The van der Waals surface area contributed by atoms with Gasteiger partial charge in [0.05, 0.1) is 30.1 Å². The van der Waals surface area contributed by atoms with Crippen molar-refractivity contribution in [1.29, 1.82) is 5.26 Å². The van der Waals surface area contributed by atoms with Crippen LogP contribution in [-0.4, -0.2) is 17.6 Å². The first-order valence-electron chi connectivity index (χ1n) is 5.00. The summed E-state index contributed by atoms with van der Waals surface area (Å²) in [7, 11) is 0. The molecule has 0 radical (unpaired) electrons. The Morgan fingerprint density at radius 3 is 2.87 bits per heavy atom. The van der Waals surface area contributed by atoms with Gasteiger partial charge >= 0.3 is 0 Å². The van der Waals surface area contributed by atoms with Gasteiger partial charge in [-0.3, -0.25) is 4.98 Å². The second-order valence-corrected chi connectivity index (χ2v) is 3.63. The van der Waals surface area contributed by atoms with E-state index >= 15 is 0 Å². The minimum atomic E-state index is 0.322. The molecule has 15 heavy (non-hydrogen) atoms. The van der Waals surface area contributed by atoms with Gasteiger partial charge in [-0.25, -0.2) is 0 Å². The van der Waals surface area contributed by atoms with Crippen LogP contribution in [0.1, 0.15) is 20.3 Å². The summed E-state index contributed by atoms with van der Waals surface area (Å²) in [6, 6.07) is 4.35. The SMILES string of the molecule is CC(C)N(CCC#N)c1ccncc1N. The average molecular weight is 204 g/mol. The molecule has 0 saturated carbocycles. The Bertz CT molecular complexity index is 354. The standard InChI is InChI=1S/C11H16N4/c1-9(2)15(7-3-5-12)11-4-6-14-8-10(11)13/h4,6,8-9H,3,7,13H2,1-2H3. The Kier molecular flexibility index (Phi) is 3.92. The molecule has 0 aliphatic heterocycles. The summed E-state index contributed by atoms with van der Waals surface area (Å²) in [6.45, 7) is 4.86. The van der Waals surface area contributed by atoms with Crippen LogP contribution in [0, 0.1) is 11.3 Å². The van der Waals surface area contributed by atoms with Crippen molar-refractivity contribution in [3.8, 4) is 6.07 Å². The summed E-state index contributed by atoms with van der Waals surface area (Å²) in [5, 5.41) is 8.59. The van der Waals surface area contributed by atoms with Crippen LogP contribution in [0.5, 0.6) is 0 Å². The summed E-state index contributed by atoms with van der Waals surface area (Å²) in [4.78, 5) is 6.06. The fraction of sp³-hybridized carbons (Fsp3) is 0.455. The molecule has 4 nitrogen and oxygen atoms in total. The fourth-order valence-corrected chi connectivity index (χ4v) is 1.49. The van der Waals surface area contributed by atoms with Crippen molar-refractivity contribution in [2.45, 2.75) is 26.3 Å². The highest BCUT2D eigenvalue weighted by Crippen LogP contribution is 2.23. The smallest absolute Gasteiger partial charge is 0.0738 e. The lowest BCUT2D eigenvalue weighted by molar-refractivity contribution is 0.687. The zero-order chi connectivity index (χ0) is 11.3. The third-order valence-corrected chi connectivity index (χ3v) is 2.23. The molecule has 0 aliphatic carbocycles. The lowest BCUT2D eigenvalue weighted by atomic mass is 10.2. The van der Waals surface area contributed by atoms with Gasteiger partial charge in [0.2, 0.25) is 0 Å². The van der Waals surface area contributed by atoms with Crippen molar-refractivity contribution in [2.75, 3.05) is 17.2 Å². The molecule has 1 rings (SSSR count). The molecule has 0 fully saturated rings. The van der Waals surface area contributed by atoms with Gasteiger partial charge in [-0.15, -0.1) is 0 Å². The molecule has 1 aromatic heterocycles. The lowest BCUT2D eigenvalue weighted by Crippen LogP contribution is -2.32. The van der Waals surface area contributed by atoms with E-state index in [1.54, 1.807) is 12.4 Å². The van der Waals surface area contributed by atoms with Gasteiger partial charge in [0.1, 0.15) is 0 Å². The molecule has 0 unspecified atom stereocenters. The summed E-state index contributed by atoms with van der Waals surface area (Å²) in [6.07, 6.45) is 3.85. The maximum Gasteiger partial charge on any atom is 0.0738 e. The van der Waals surface area contributed by atoms with E-state index in [4.69, 9.17) is 11.0 Å². The molecule has 0 aliphatic rings. The maximum absolute atomic E-state index is 8.59. The van der Waals surface area contributed by atoms with E-state index in [1.807, 2.05) is 6.07 Å². The monoisotopic (exact) mass is 204 g/mol. The molecule has 1 aromatic rings. The van der Waals surface area contributed by atoms with Crippen LogP contribution in [0.4, 0.5) is 11.4 Å². The first-order chi connectivity index (χ1) is 7.16. The van der Waals surface area contributed by atoms with Crippen LogP contribution in [0.2, 0.25) is 0 Å². The van der Waals surface area contributed by atoms with E-state index in [1.165, 1.54) is 0 Å². The largest absolute Gasteiger partial charge is 0.396 e. The minimum absolute atomic E-state index is 0.322. The molecule has 1 heterocycles. The number of rotatable bonds is 4. The average Bonchev–Trinajstić information content (AvgIpc) is 2.20. The summed E-state index contributed by atoms with van der Waals surface area (Å²) < 4.78 is 0. The molecule has 0 bridgehead atoms. The van der Waals surface area contributed by atoms with E-state index in [2.05, 4.69) is 29.8 Å². The molecule has 0 atom stereocenters.